The van der Waals surface area contributed by atoms with E-state index in [9.17, 15) is 20.1 Å². The van der Waals surface area contributed by atoms with Gasteiger partial charge in [-0.2, -0.15) is 10.5 Å². The van der Waals surface area contributed by atoms with E-state index < -0.39 is 17.4 Å². The van der Waals surface area contributed by atoms with Crippen molar-refractivity contribution in [1.82, 2.24) is 0 Å². The highest BCUT2D eigenvalue weighted by Gasteiger charge is 2.29. The summed E-state index contributed by atoms with van der Waals surface area (Å²) < 4.78 is 10.9. The molecule has 9 nitrogen and oxygen atoms in total. The smallest absolute Gasteiger partial charge is 0.349 e. The number of hydrogen-bond donors (Lipinski definition) is 0. The van der Waals surface area contributed by atoms with E-state index in [2.05, 4.69) is 37.5 Å². The largest absolute Gasteiger partial charge is 0.456 e. The molecule has 234 valence electrons. The maximum Gasteiger partial charge on any atom is 0.349 e. The molecule has 0 amide bonds. The first-order valence-corrected chi connectivity index (χ1v) is 15.2. The van der Waals surface area contributed by atoms with E-state index in [4.69, 9.17) is 21.1 Å². The highest BCUT2D eigenvalue weighted by Crippen LogP contribution is 2.19. The molecule has 0 heterocycles. The number of nitriles is 2. The molecule has 0 aliphatic rings. The van der Waals surface area contributed by atoms with Gasteiger partial charge < -0.3 is 23.8 Å². The number of nitrogens with zero attached hydrogens (tertiary/aromatic N) is 5. The average molecular weight is 621 g/mol. The SMILES string of the molecule is CCN(CC)c1ccc(/C=C(\C#N)C(=O)OCC[N+](C)(C)C(Cl)COC(=O)/C(C#N)=C/c2ccc(N(CC)CC)cc2)cc1. The van der Waals surface area contributed by atoms with Crippen LogP contribution in [0, 0.1) is 22.7 Å². The predicted octanol–water partition coefficient (Wildman–Crippen LogP) is 5.62. The van der Waals surface area contributed by atoms with Gasteiger partial charge in [0.15, 0.2) is 12.1 Å². The number of rotatable bonds is 16. The number of benzene rings is 2. The van der Waals surface area contributed by atoms with Crippen LogP contribution in [0.15, 0.2) is 59.7 Å². The monoisotopic (exact) mass is 620 g/mol. The van der Waals surface area contributed by atoms with E-state index in [0.717, 1.165) is 43.1 Å². The zero-order valence-electron chi connectivity index (χ0n) is 26.5. The lowest BCUT2D eigenvalue weighted by Crippen LogP contribution is -2.50. The summed E-state index contributed by atoms with van der Waals surface area (Å²) in [6, 6.07) is 19.0. The van der Waals surface area contributed by atoms with Crippen molar-refractivity contribution >= 4 is 47.1 Å². The van der Waals surface area contributed by atoms with Crippen LogP contribution in [0.4, 0.5) is 11.4 Å². The molecule has 0 saturated carbocycles. The maximum atomic E-state index is 12.6. The van der Waals surface area contributed by atoms with Crippen LogP contribution in [0.3, 0.4) is 0 Å². The summed E-state index contributed by atoms with van der Waals surface area (Å²) >= 11 is 6.55. The molecule has 0 bridgehead atoms. The summed E-state index contributed by atoms with van der Waals surface area (Å²) in [5.74, 6) is -1.50. The van der Waals surface area contributed by atoms with Gasteiger partial charge in [0.2, 0.25) is 0 Å². The minimum atomic E-state index is -0.772. The predicted molar refractivity (Wildman–Crippen MR) is 176 cm³/mol. The first-order chi connectivity index (χ1) is 21.0. The number of carbonyl (C=O) groups is 2. The van der Waals surface area contributed by atoms with Crippen molar-refractivity contribution in [2.75, 3.05) is 69.8 Å². The second-order valence-electron chi connectivity index (χ2n) is 10.5. The van der Waals surface area contributed by atoms with Crippen LogP contribution in [-0.4, -0.2) is 82.0 Å². The highest BCUT2D eigenvalue weighted by atomic mass is 35.5. The van der Waals surface area contributed by atoms with Crippen LogP contribution < -0.4 is 9.80 Å². The van der Waals surface area contributed by atoms with Crippen LogP contribution in [0.25, 0.3) is 12.2 Å². The first kappa shape index (κ1) is 35.9. The van der Waals surface area contributed by atoms with E-state index in [-0.39, 0.29) is 28.8 Å². The quantitative estimate of drug-likeness (QED) is 0.0594. The van der Waals surface area contributed by atoms with Gasteiger partial charge in [0.05, 0.1) is 14.1 Å². The molecule has 0 saturated heterocycles. The molecular weight excluding hydrogens is 578 g/mol. The van der Waals surface area contributed by atoms with Crippen molar-refractivity contribution in [3.63, 3.8) is 0 Å². The van der Waals surface area contributed by atoms with Gasteiger partial charge in [-0.1, -0.05) is 35.9 Å². The third kappa shape index (κ3) is 10.4. The second kappa shape index (κ2) is 17.7. The minimum Gasteiger partial charge on any atom is -0.456 e. The topological polar surface area (TPSA) is 107 Å². The summed E-state index contributed by atoms with van der Waals surface area (Å²) in [5, 5.41) is 19.1. The van der Waals surface area contributed by atoms with E-state index in [0.29, 0.717) is 12.1 Å². The molecule has 0 aromatic heterocycles. The number of alkyl halides is 1. The number of anilines is 2. The lowest BCUT2D eigenvalue weighted by Gasteiger charge is -2.33. The van der Waals surface area contributed by atoms with Crippen LogP contribution in [0.5, 0.6) is 0 Å². The van der Waals surface area contributed by atoms with E-state index in [1.54, 1.807) is 14.1 Å². The Hall–Kier alpha value is -4.31. The molecule has 2 aromatic carbocycles. The number of quaternary nitrogens is 1. The Kier molecular flexibility index (Phi) is 14.5. The van der Waals surface area contributed by atoms with Gasteiger partial charge in [-0.25, -0.2) is 9.59 Å². The van der Waals surface area contributed by atoms with Gasteiger partial charge in [0.1, 0.15) is 36.4 Å². The van der Waals surface area contributed by atoms with Crippen molar-refractivity contribution < 1.29 is 23.5 Å². The van der Waals surface area contributed by atoms with Gasteiger partial charge in [-0.05, 0) is 75.2 Å². The van der Waals surface area contributed by atoms with Crippen molar-refractivity contribution in [3.05, 3.63) is 70.8 Å². The maximum absolute atomic E-state index is 12.6. The summed E-state index contributed by atoms with van der Waals surface area (Å²) in [5.41, 5.74) is 2.62. The molecule has 0 fully saturated rings. The Morgan fingerprint density at radius 1 is 0.773 bits per heavy atom. The van der Waals surface area contributed by atoms with Gasteiger partial charge in [0.25, 0.3) is 0 Å². The first-order valence-electron chi connectivity index (χ1n) is 14.8. The molecule has 2 rings (SSSR count). The van der Waals surface area contributed by atoms with Gasteiger partial charge in [0, 0.05) is 37.6 Å². The Bertz CT molecular complexity index is 1380. The lowest BCUT2D eigenvalue weighted by molar-refractivity contribution is -0.902. The van der Waals surface area contributed by atoms with Crippen molar-refractivity contribution in [3.8, 4) is 12.1 Å². The molecule has 10 heteroatoms. The summed E-state index contributed by atoms with van der Waals surface area (Å²) in [6.07, 6.45) is 2.98. The van der Waals surface area contributed by atoms with Crippen LogP contribution in [0.2, 0.25) is 0 Å². The zero-order valence-corrected chi connectivity index (χ0v) is 27.3. The van der Waals surface area contributed by atoms with Gasteiger partial charge in [-0.3, -0.25) is 0 Å². The van der Waals surface area contributed by atoms with E-state index >= 15 is 0 Å². The number of esters is 2. The Morgan fingerprint density at radius 2 is 1.16 bits per heavy atom. The molecule has 1 unspecified atom stereocenters. The summed E-state index contributed by atoms with van der Waals surface area (Å²) in [7, 11) is 3.60. The molecular formula is C34H43ClN5O4+. The number of halogens is 1. The lowest BCUT2D eigenvalue weighted by atomic mass is 10.1. The van der Waals surface area contributed by atoms with E-state index in [1.165, 1.54) is 12.2 Å². The number of carbonyl (C=O) groups excluding carboxylic acids is 2. The molecule has 2 aromatic rings. The number of hydrogen-bond acceptors (Lipinski definition) is 8. The zero-order chi connectivity index (χ0) is 32.7. The third-order valence-corrected chi connectivity index (χ3v) is 8.01. The Labute approximate surface area is 266 Å². The van der Waals surface area contributed by atoms with Gasteiger partial charge in [-0.15, -0.1) is 0 Å². The average Bonchev–Trinajstić information content (AvgIpc) is 3.03. The third-order valence-electron chi connectivity index (χ3n) is 7.36. The molecule has 44 heavy (non-hydrogen) atoms. The standard InChI is InChI=1S/C34H43ClN5O4/c1-7-38(8-2)30-15-11-26(12-16-30)21-28(23-36)33(41)43-20-19-40(5,6)32(35)25-44-34(42)29(24-37)22-27-13-17-31(18-14-27)39(9-3)10-4/h11-18,21-22,32H,7-10,19-20,25H2,1-6H3/q+1/b28-21+,29-22+. The summed E-state index contributed by atoms with van der Waals surface area (Å²) in [6.45, 7) is 12.0. The number of ether oxygens (including phenoxy) is 2. The van der Waals surface area contributed by atoms with Crippen LogP contribution in [-0.2, 0) is 19.1 Å². The van der Waals surface area contributed by atoms with Crippen molar-refractivity contribution in [2.45, 2.75) is 33.2 Å². The fraction of sp³-hybridized carbons (Fsp3) is 0.412. The number of likely N-dealkylation sites (N-methyl/N-ethyl adjacent to an activating group) is 1. The van der Waals surface area contributed by atoms with Crippen molar-refractivity contribution in [2.24, 2.45) is 0 Å². The molecule has 0 aliphatic heterocycles. The minimum absolute atomic E-state index is 0.00421. The van der Waals surface area contributed by atoms with E-state index in [1.807, 2.05) is 60.7 Å². The molecule has 0 N–H and O–H groups in total. The molecule has 0 radical (unpaired) electrons. The molecule has 1 atom stereocenters. The second-order valence-corrected chi connectivity index (χ2v) is 11.0. The van der Waals surface area contributed by atoms with Crippen LogP contribution in [0.1, 0.15) is 38.8 Å². The Morgan fingerprint density at radius 3 is 1.52 bits per heavy atom. The fourth-order valence-electron chi connectivity index (χ4n) is 4.36. The molecule has 0 spiro atoms. The van der Waals surface area contributed by atoms with Gasteiger partial charge >= 0.3 is 11.9 Å². The fourth-order valence-corrected chi connectivity index (χ4v) is 4.52. The Balaban J connectivity index is 1.92. The normalized spacial score (nSPS) is 12.5. The summed E-state index contributed by atoms with van der Waals surface area (Å²) in [4.78, 5) is 29.6. The van der Waals surface area contributed by atoms with Crippen molar-refractivity contribution in [1.29, 1.82) is 10.5 Å². The van der Waals surface area contributed by atoms with Crippen LogP contribution >= 0.6 is 11.6 Å². The molecule has 0 aliphatic carbocycles. The highest BCUT2D eigenvalue weighted by molar-refractivity contribution is 6.19.